The van der Waals surface area contributed by atoms with Crippen molar-refractivity contribution in [3.8, 4) is 0 Å². The van der Waals surface area contributed by atoms with E-state index in [4.69, 9.17) is 0 Å². The lowest BCUT2D eigenvalue weighted by molar-refractivity contribution is 0.0984. The van der Waals surface area contributed by atoms with Crippen molar-refractivity contribution in [2.24, 2.45) is 0 Å². The summed E-state index contributed by atoms with van der Waals surface area (Å²) in [6, 6.07) is 17.8. The van der Waals surface area contributed by atoms with Crippen LogP contribution in [0.25, 0.3) is 10.2 Å². The maximum Gasteiger partial charge on any atom is 0.260 e. The molecule has 2 heterocycles. The zero-order valence-corrected chi connectivity index (χ0v) is 16.6. The van der Waals surface area contributed by atoms with Crippen LogP contribution in [-0.2, 0) is 6.54 Å². The zero-order chi connectivity index (χ0) is 19.5. The molecule has 0 fully saturated rings. The molecule has 2 aromatic heterocycles. The fourth-order valence-corrected chi connectivity index (χ4v) is 4.17. The van der Waals surface area contributed by atoms with Crippen LogP contribution in [0.5, 0.6) is 0 Å². The highest BCUT2D eigenvalue weighted by Crippen LogP contribution is 2.32. The van der Waals surface area contributed by atoms with Gasteiger partial charge in [-0.2, -0.15) is 0 Å². The van der Waals surface area contributed by atoms with Gasteiger partial charge in [0.15, 0.2) is 5.13 Å². The minimum Gasteiger partial charge on any atom is -0.278 e. The van der Waals surface area contributed by atoms with Crippen molar-refractivity contribution in [3.63, 3.8) is 0 Å². The number of thioether (sulfide) groups is 1. The second-order valence-corrected chi connectivity index (χ2v) is 7.91. The van der Waals surface area contributed by atoms with E-state index < -0.39 is 5.82 Å². The Bertz CT molecular complexity index is 1110. The van der Waals surface area contributed by atoms with E-state index in [1.807, 2.05) is 36.6 Å². The molecule has 0 unspecified atom stereocenters. The number of hydrogen-bond donors (Lipinski definition) is 0. The van der Waals surface area contributed by atoms with Crippen molar-refractivity contribution in [1.29, 1.82) is 0 Å². The molecule has 4 nitrogen and oxygen atoms in total. The van der Waals surface area contributed by atoms with E-state index in [1.165, 1.54) is 17.4 Å². The summed E-state index contributed by atoms with van der Waals surface area (Å²) in [4.78, 5) is 24.6. The van der Waals surface area contributed by atoms with Crippen LogP contribution in [0.15, 0.2) is 71.8 Å². The van der Waals surface area contributed by atoms with Crippen LogP contribution < -0.4 is 4.90 Å². The van der Waals surface area contributed by atoms with Crippen molar-refractivity contribution in [3.05, 3.63) is 83.9 Å². The number of benzene rings is 2. The quantitative estimate of drug-likeness (QED) is 0.414. The number of anilines is 1. The molecule has 0 aliphatic carbocycles. The van der Waals surface area contributed by atoms with Gasteiger partial charge >= 0.3 is 0 Å². The van der Waals surface area contributed by atoms with E-state index in [0.29, 0.717) is 15.4 Å². The normalized spacial score (nSPS) is 10.9. The fraction of sp³-hybridized carbons (Fsp3) is 0.0952. The second-order valence-electron chi connectivity index (χ2n) is 6.02. The standard InChI is InChI=1S/C21H16FN3OS2/c1-27-16-10-8-14(9-11-16)20(26)25(13-15-5-2-3-12-23-15)21-24-19-17(22)6-4-7-18(19)28-21/h2-12H,13H2,1H3. The van der Waals surface area contributed by atoms with Gasteiger partial charge in [-0.15, -0.1) is 11.8 Å². The zero-order valence-electron chi connectivity index (χ0n) is 15.0. The van der Waals surface area contributed by atoms with Crippen LogP contribution in [0.2, 0.25) is 0 Å². The molecule has 0 atom stereocenters. The minimum absolute atomic E-state index is 0.197. The van der Waals surface area contributed by atoms with Gasteiger partial charge in [-0.1, -0.05) is 23.5 Å². The maximum absolute atomic E-state index is 14.1. The van der Waals surface area contributed by atoms with Crippen LogP contribution in [-0.4, -0.2) is 22.1 Å². The Morgan fingerprint density at radius 1 is 1.11 bits per heavy atom. The predicted octanol–water partition coefficient (Wildman–Crippen LogP) is 5.40. The first-order chi connectivity index (χ1) is 13.7. The van der Waals surface area contributed by atoms with Crippen LogP contribution in [0.3, 0.4) is 0 Å². The van der Waals surface area contributed by atoms with Gasteiger partial charge in [-0.25, -0.2) is 9.37 Å². The first-order valence-electron chi connectivity index (χ1n) is 8.56. The van der Waals surface area contributed by atoms with Crippen molar-refractivity contribution in [2.45, 2.75) is 11.4 Å². The van der Waals surface area contributed by atoms with Crippen LogP contribution in [0.1, 0.15) is 16.1 Å². The van der Waals surface area contributed by atoms with Crippen molar-refractivity contribution in [1.82, 2.24) is 9.97 Å². The molecule has 4 rings (SSSR count). The van der Waals surface area contributed by atoms with E-state index in [1.54, 1.807) is 47.1 Å². The third kappa shape index (κ3) is 3.76. The average molecular weight is 410 g/mol. The van der Waals surface area contributed by atoms with Gasteiger partial charge in [-0.05, 0) is 54.8 Å². The van der Waals surface area contributed by atoms with Crippen molar-refractivity contribution < 1.29 is 9.18 Å². The van der Waals surface area contributed by atoms with Crippen molar-refractivity contribution in [2.75, 3.05) is 11.2 Å². The van der Waals surface area contributed by atoms with Gasteiger partial charge < -0.3 is 0 Å². The number of pyridine rings is 1. The Kier molecular flexibility index (Phi) is 5.36. The molecular formula is C21H16FN3OS2. The molecular weight excluding hydrogens is 393 g/mol. The molecule has 7 heteroatoms. The first-order valence-corrected chi connectivity index (χ1v) is 10.6. The SMILES string of the molecule is CSc1ccc(C(=O)N(Cc2ccccn2)c2nc3c(F)cccc3s2)cc1. The summed E-state index contributed by atoms with van der Waals surface area (Å²) in [5.41, 5.74) is 1.56. The van der Waals surface area contributed by atoms with Gasteiger partial charge in [-0.3, -0.25) is 14.7 Å². The van der Waals surface area contributed by atoms with Crippen LogP contribution in [0, 0.1) is 5.82 Å². The number of fused-ring (bicyclic) bond motifs is 1. The predicted molar refractivity (Wildman–Crippen MR) is 113 cm³/mol. The number of thiazole rings is 1. The molecule has 0 saturated heterocycles. The smallest absolute Gasteiger partial charge is 0.260 e. The van der Waals surface area contributed by atoms with Gasteiger partial charge in [0.05, 0.1) is 16.9 Å². The highest BCUT2D eigenvalue weighted by molar-refractivity contribution is 7.98. The highest BCUT2D eigenvalue weighted by Gasteiger charge is 2.23. The van der Waals surface area contributed by atoms with Gasteiger partial charge in [0, 0.05) is 16.7 Å². The Labute approximate surface area is 170 Å². The number of amides is 1. The van der Waals surface area contributed by atoms with Crippen LogP contribution >= 0.6 is 23.1 Å². The number of rotatable bonds is 5. The molecule has 0 N–H and O–H groups in total. The minimum atomic E-state index is -0.394. The molecule has 2 aromatic carbocycles. The lowest BCUT2D eigenvalue weighted by Gasteiger charge is -2.19. The first kappa shape index (κ1) is 18.6. The number of para-hydroxylation sites is 1. The summed E-state index contributed by atoms with van der Waals surface area (Å²) in [5.74, 6) is -0.590. The van der Waals surface area contributed by atoms with Crippen molar-refractivity contribution >= 4 is 44.4 Å². The van der Waals surface area contributed by atoms with E-state index >= 15 is 0 Å². The lowest BCUT2D eigenvalue weighted by Crippen LogP contribution is -2.30. The number of carbonyl (C=O) groups excluding carboxylic acids is 1. The molecule has 4 aromatic rings. The van der Waals surface area contributed by atoms with E-state index in [2.05, 4.69) is 9.97 Å². The van der Waals surface area contributed by atoms with E-state index in [0.717, 1.165) is 10.6 Å². The molecule has 0 radical (unpaired) electrons. The molecule has 1 amide bonds. The third-order valence-electron chi connectivity index (χ3n) is 4.22. The molecule has 0 aliphatic rings. The molecule has 0 spiro atoms. The van der Waals surface area contributed by atoms with Gasteiger partial charge in [0.1, 0.15) is 11.3 Å². The van der Waals surface area contributed by atoms with Crippen LogP contribution in [0.4, 0.5) is 9.52 Å². The largest absolute Gasteiger partial charge is 0.278 e. The molecule has 0 aliphatic heterocycles. The van der Waals surface area contributed by atoms with Gasteiger partial charge in [0.25, 0.3) is 5.91 Å². The maximum atomic E-state index is 14.1. The molecule has 0 saturated carbocycles. The topological polar surface area (TPSA) is 46.1 Å². The third-order valence-corrected chi connectivity index (χ3v) is 6.00. The van der Waals surface area contributed by atoms with E-state index in [9.17, 15) is 9.18 Å². The highest BCUT2D eigenvalue weighted by atomic mass is 32.2. The summed E-state index contributed by atoms with van der Waals surface area (Å²) in [5, 5.41) is 0.449. The molecule has 140 valence electrons. The summed E-state index contributed by atoms with van der Waals surface area (Å²) >= 11 is 2.91. The Hall–Kier alpha value is -2.77. The average Bonchev–Trinajstić information content (AvgIpc) is 3.18. The second kappa shape index (κ2) is 8.08. The number of aromatic nitrogens is 2. The summed E-state index contributed by atoms with van der Waals surface area (Å²) in [6.07, 6.45) is 3.67. The van der Waals surface area contributed by atoms with E-state index in [-0.39, 0.29) is 18.0 Å². The van der Waals surface area contributed by atoms with Gasteiger partial charge in [0.2, 0.25) is 0 Å². The monoisotopic (exact) mass is 409 g/mol. The number of nitrogens with zero attached hydrogens (tertiary/aromatic N) is 3. The number of carbonyl (C=O) groups is 1. The summed E-state index contributed by atoms with van der Waals surface area (Å²) in [6.45, 7) is 0.255. The Morgan fingerprint density at radius 2 is 1.93 bits per heavy atom. The summed E-state index contributed by atoms with van der Waals surface area (Å²) in [7, 11) is 0. The Morgan fingerprint density at radius 3 is 2.61 bits per heavy atom. The fourth-order valence-electron chi connectivity index (χ4n) is 2.79. The lowest BCUT2D eigenvalue weighted by atomic mass is 10.2. The molecule has 28 heavy (non-hydrogen) atoms. The number of halogens is 1. The number of hydrogen-bond acceptors (Lipinski definition) is 5. The molecule has 0 bridgehead atoms. The Balaban J connectivity index is 1.75. The summed E-state index contributed by atoms with van der Waals surface area (Å²) < 4.78 is 14.8.